The molecule has 1 aliphatic heterocycles. The largest absolute Gasteiger partial charge is 0.389 e. The zero-order valence-corrected chi connectivity index (χ0v) is 19.5. The van der Waals surface area contributed by atoms with Gasteiger partial charge in [-0.05, 0) is 29.8 Å². The molecule has 0 bridgehead atoms. The van der Waals surface area contributed by atoms with Gasteiger partial charge in [0.25, 0.3) is 7.01 Å². The number of anilines is 1. The number of nitrogens with two attached hydrogens (primary N) is 2. The van der Waals surface area contributed by atoms with Crippen LogP contribution in [-0.4, -0.2) is 50.4 Å². The maximum atomic E-state index is 12.9. The Bertz CT molecular complexity index is 1180. The summed E-state index contributed by atoms with van der Waals surface area (Å²) in [5, 5.41) is 3.54. The van der Waals surface area contributed by atoms with Crippen LogP contribution in [0.25, 0.3) is 0 Å². The minimum Gasteiger partial charge on any atom is -0.389 e. The van der Waals surface area contributed by atoms with Crippen LogP contribution in [-0.2, 0) is 32.0 Å². The van der Waals surface area contributed by atoms with E-state index in [-0.39, 0.29) is 43.4 Å². The van der Waals surface area contributed by atoms with Crippen LogP contribution in [0.15, 0.2) is 52.4 Å². The summed E-state index contributed by atoms with van der Waals surface area (Å²) in [5.41, 5.74) is 11.0. The molecule has 11 nitrogen and oxygen atoms in total. The van der Waals surface area contributed by atoms with Crippen molar-refractivity contribution < 1.29 is 22.8 Å². The van der Waals surface area contributed by atoms with Crippen molar-refractivity contribution >= 4 is 27.6 Å². The summed E-state index contributed by atoms with van der Waals surface area (Å²) in [4.78, 5) is 32.6. The molecule has 0 atom stereocenters. The second-order valence-electron chi connectivity index (χ2n) is 7.83. The van der Waals surface area contributed by atoms with Gasteiger partial charge in [-0.1, -0.05) is 37.8 Å². The van der Waals surface area contributed by atoms with Crippen LogP contribution in [0.4, 0.5) is 10.4 Å². The van der Waals surface area contributed by atoms with Crippen LogP contribution in [0.2, 0.25) is 0 Å². The van der Waals surface area contributed by atoms with Gasteiger partial charge < -0.3 is 25.8 Å². The van der Waals surface area contributed by atoms with Gasteiger partial charge >= 0.3 is 0 Å². The molecule has 194 valence electrons. The zero-order chi connectivity index (χ0) is 26.0. The predicted octanol–water partition coefficient (Wildman–Crippen LogP) is 1.08. The number of aryl methyl sites for hydroxylation is 1. The Hall–Kier alpha value is -3.61. The molecule has 0 radical (unpaired) electrons. The number of pyridine rings is 1. The number of nitrogens with one attached hydrogen (secondary N) is 1. The van der Waals surface area contributed by atoms with Crippen molar-refractivity contribution in [3.05, 3.63) is 64.1 Å². The van der Waals surface area contributed by atoms with Crippen LogP contribution >= 0.6 is 0 Å². The molecule has 0 unspecified atom stereocenters. The number of oxime groups is 1. The SMILES string of the molecule is C.Cc1ccc(NS(=O)(=O)Cc2ccccc2)c(=O)n1CC(=O)N1CCC(ON=C(N)N)CC1.[3H]F. The van der Waals surface area contributed by atoms with Crippen LogP contribution < -0.4 is 21.7 Å². The van der Waals surface area contributed by atoms with Gasteiger partial charge in [0.05, 0.1) is 5.75 Å². The molecule has 0 saturated carbocycles. The third-order valence-corrected chi connectivity index (χ3v) is 6.50. The fourth-order valence-electron chi connectivity index (χ4n) is 3.52. The van der Waals surface area contributed by atoms with Crippen LogP contribution in [0, 0.1) is 6.92 Å². The molecule has 0 spiro atoms. The first-order chi connectivity index (χ1) is 16.6. The van der Waals surface area contributed by atoms with E-state index in [4.69, 9.17) is 21.0 Å². The fourth-order valence-corrected chi connectivity index (χ4v) is 4.72. The molecule has 2 heterocycles. The second kappa shape index (κ2) is 12.7. The first kappa shape index (κ1) is 27.6. The number of carbonyl (C=O) groups is 1. The molecule has 2 aromatic rings. The summed E-state index contributed by atoms with van der Waals surface area (Å²) < 4.78 is 41.7. The Balaban J connectivity index is 0.00000211. The van der Waals surface area contributed by atoms with E-state index in [9.17, 15) is 18.0 Å². The van der Waals surface area contributed by atoms with Crippen molar-refractivity contribution in [3.63, 3.8) is 0 Å². The van der Waals surface area contributed by atoms with Gasteiger partial charge in [0.15, 0.2) is 0 Å². The fraction of sp³-hybridized carbons (Fsp3) is 0.409. The van der Waals surface area contributed by atoms with Crippen molar-refractivity contribution in [2.24, 2.45) is 16.6 Å². The molecule has 1 aromatic carbocycles. The number of sulfonamides is 1. The maximum absolute atomic E-state index is 12.9. The average Bonchev–Trinajstić information content (AvgIpc) is 2.84. The van der Waals surface area contributed by atoms with Crippen molar-refractivity contribution in [2.45, 2.75) is 45.6 Å². The zero-order valence-electron chi connectivity index (χ0n) is 19.7. The summed E-state index contributed by atoms with van der Waals surface area (Å²) in [6, 6.07) is 11.7. The van der Waals surface area contributed by atoms with Crippen molar-refractivity contribution in [1.29, 1.82) is 1.45 Å². The first-order valence-corrected chi connectivity index (χ1v) is 12.1. The quantitative estimate of drug-likeness (QED) is 0.270. The second-order valence-corrected chi connectivity index (χ2v) is 9.55. The highest BCUT2D eigenvalue weighted by Gasteiger charge is 2.25. The molecular weight excluding hydrogens is 479 g/mol. The molecule has 1 aliphatic rings. The highest BCUT2D eigenvalue weighted by atomic mass is 32.2. The standard InChI is InChI=1S/C21H28N6O5S.CH4.FH/c1-15-7-8-18(25-33(30,31)14-16-5-3-2-4-6-16)20(29)27(15)13-19(28)26-11-9-17(10-12-26)32-24-21(22)23;;/h2-8,17,25H,9-14H2,1H3,(H4,22,23,24);1H4;1H/i/hT. The molecule has 0 aliphatic carbocycles. The topological polar surface area (TPSA) is 162 Å². The summed E-state index contributed by atoms with van der Waals surface area (Å²) in [5.74, 6) is -0.677. The lowest BCUT2D eigenvalue weighted by molar-refractivity contribution is -0.134. The molecule has 35 heavy (non-hydrogen) atoms. The number of nitrogens with zero attached hydrogens (tertiary/aromatic N) is 3. The Morgan fingerprint density at radius 3 is 2.43 bits per heavy atom. The van der Waals surface area contributed by atoms with E-state index >= 15 is 0 Å². The van der Waals surface area contributed by atoms with Gasteiger partial charge in [0, 0.05) is 31.6 Å². The number of likely N-dealkylation sites (tertiary alicyclic amines) is 1. The Labute approximate surface area is 205 Å². The smallest absolute Gasteiger partial charge is 0.275 e. The molecule has 5 N–H and O–H groups in total. The lowest BCUT2D eigenvalue weighted by atomic mass is 10.1. The van der Waals surface area contributed by atoms with E-state index in [2.05, 4.69) is 11.3 Å². The number of aromatic nitrogens is 1. The van der Waals surface area contributed by atoms with Gasteiger partial charge in [-0.25, -0.2) is 8.42 Å². The third kappa shape index (κ3) is 8.28. The van der Waals surface area contributed by atoms with E-state index in [1.807, 2.05) is 0 Å². The molecule has 1 fully saturated rings. The number of hydrogen-bond donors (Lipinski definition) is 3. The van der Waals surface area contributed by atoms with E-state index in [1.54, 1.807) is 48.2 Å². The van der Waals surface area contributed by atoms with Crippen molar-refractivity contribution in [2.75, 3.05) is 17.8 Å². The van der Waals surface area contributed by atoms with E-state index in [1.165, 1.54) is 10.6 Å². The Morgan fingerprint density at radius 2 is 1.83 bits per heavy atom. The van der Waals surface area contributed by atoms with Gasteiger partial charge in [-0.15, -0.1) is 0 Å². The molecule has 1 aromatic heterocycles. The highest BCUT2D eigenvalue weighted by molar-refractivity contribution is 7.91. The number of piperidine rings is 1. The summed E-state index contributed by atoms with van der Waals surface area (Å²) >= 11 is 0. The molecule has 3 rings (SSSR count). The van der Waals surface area contributed by atoms with Crippen LogP contribution in [0.1, 0.15) is 31.5 Å². The number of hydrogen-bond acceptors (Lipinski definition) is 6. The number of halogens is 1. The molecule has 1 amide bonds. The number of amides is 1. The lowest BCUT2D eigenvalue weighted by Gasteiger charge is -2.31. The number of carbonyl (C=O) groups excluding carboxylic acids is 1. The summed E-state index contributed by atoms with van der Waals surface area (Å²) in [7, 11) is -3.81. The Morgan fingerprint density at radius 1 is 1.20 bits per heavy atom. The first-order valence-electron chi connectivity index (χ1n) is 10.8. The minimum atomic E-state index is -3.81. The van der Waals surface area contributed by atoms with E-state index in [0.29, 0.717) is 37.2 Å². The summed E-state index contributed by atoms with van der Waals surface area (Å²) in [6.07, 6.45) is 0.911. The highest BCUT2D eigenvalue weighted by Crippen LogP contribution is 2.15. The molecule has 13 heteroatoms. The third-order valence-electron chi connectivity index (χ3n) is 5.25. The summed E-state index contributed by atoms with van der Waals surface area (Å²) in [6.45, 7) is 2.35. The molecular formula is C22H33FN6O5S. The normalized spacial score (nSPS) is 13.9. The monoisotopic (exact) mass is 514 g/mol. The predicted molar refractivity (Wildman–Crippen MR) is 134 cm³/mol. The van der Waals surface area contributed by atoms with Crippen molar-refractivity contribution in [3.8, 4) is 0 Å². The van der Waals surface area contributed by atoms with Crippen molar-refractivity contribution in [1.82, 2.24) is 9.47 Å². The average molecular weight is 515 g/mol. The Kier molecular flexibility index (Phi) is 10.1. The van der Waals surface area contributed by atoms with Gasteiger partial charge in [-0.2, -0.15) is 0 Å². The van der Waals surface area contributed by atoms with Gasteiger partial charge in [-0.3, -0.25) is 19.0 Å². The number of rotatable bonds is 8. The van der Waals surface area contributed by atoms with E-state index in [0.717, 1.165) is 0 Å². The lowest BCUT2D eigenvalue weighted by Crippen LogP contribution is -2.43. The number of benzene rings is 1. The molecule has 1 saturated heterocycles. The van der Waals surface area contributed by atoms with Crippen LogP contribution in [0.3, 0.4) is 0 Å². The van der Waals surface area contributed by atoms with E-state index < -0.39 is 15.6 Å². The van der Waals surface area contributed by atoms with Gasteiger partial charge in [0.2, 0.25) is 21.9 Å². The maximum Gasteiger partial charge on any atom is 0.275 e. The minimum absolute atomic E-state index is 0. The van der Waals surface area contributed by atoms with Crippen LogP contribution in [0.5, 0.6) is 0 Å². The van der Waals surface area contributed by atoms with Gasteiger partial charge in [0.1, 0.15) is 18.3 Å². The number of guanidine groups is 1.